The van der Waals surface area contributed by atoms with Gasteiger partial charge in [0, 0.05) is 40.4 Å². The molecule has 6 rings (SSSR count). The van der Waals surface area contributed by atoms with Crippen LogP contribution in [0.2, 0.25) is 0 Å². The summed E-state index contributed by atoms with van der Waals surface area (Å²) in [7, 11) is 0. The van der Waals surface area contributed by atoms with E-state index in [-0.39, 0.29) is 48.3 Å². The van der Waals surface area contributed by atoms with Crippen molar-refractivity contribution in [1.82, 2.24) is 9.97 Å². The molecular formula is C35H31F4N3O5. The Kier molecular flexibility index (Phi) is 8.03. The van der Waals surface area contributed by atoms with E-state index in [9.17, 15) is 32.3 Å². The van der Waals surface area contributed by atoms with Gasteiger partial charge in [-0.2, -0.15) is 13.2 Å². The van der Waals surface area contributed by atoms with Crippen molar-refractivity contribution in [2.24, 2.45) is 5.73 Å². The van der Waals surface area contributed by atoms with Crippen molar-refractivity contribution >= 4 is 11.7 Å². The van der Waals surface area contributed by atoms with Crippen LogP contribution in [0, 0.1) is 5.82 Å². The molecule has 1 aliphatic carbocycles. The first kappa shape index (κ1) is 32.1. The number of benzene rings is 2. The highest BCUT2D eigenvalue weighted by Gasteiger charge is 2.45. The van der Waals surface area contributed by atoms with Crippen LogP contribution in [0.5, 0.6) is 11.5 Å². The quantitative estimate of drug-likeness (QED) is 0.148. The summed E-state index contributed by atoms with van der Waals surface area (Å²) in [6.07, 6.45) is -2.01. The fourth-order valence-corrected chi connectivity index (χ4v) is 5.41. The molecule has 244 valence electrons. The van der Waals surface area contributed by atoms with Crippen LogP contribution in [0.3, 0.4) is 0 Å². The highest BCUT2D eigenvalue weighted by Crippen LogP contribution is 2.46. The van der Waals surface area contributed by atoms with Crippen LogP contribution in [-0.2, 0) is 22.0 Å². The second kappa shape index (κ2) is 11.8. The van der Waals surface area contributed by atoms with Crippen molar-refractivity contribution in [3.63, 3.8) is 0 Å². The van der Waals surface area contributed by atoms with Crippen molar-refractivity contribution in [3.05, 3.63) is 95.2 Å². The summed E-state index contributed by atoms with van der Waals surface area (Å²) in [5.74, 6) is -0.712. The van der Waals surface area contributed by atoms with Crippen LogP contribution in [0.25, 0.3) is 22.4 Å². The summed E-state index contributed by atoms with van der Waals surface area (Å²) in [5.41, 5.74) is 4.21. The molecule has 1 saturated carbocycles. The number of alkyl halides is 3. The van der Waals surface area contributed by atoms with Gasteiger partial charge in [0.25, 0.3) is 0 Å². The molecular weight excluding hydrogens is 618 g/mol. The second-order valence-electron chi connectivity index (χ2n) is 12.4. The molecule has 0 unspecified atom stereocenters. The summed E-state index contributed by atoms with van der Waals surface area (Å²) in [5, 5.41) is 11.7. The van der Waals surface area contributed by atoms with Gasteiger partial charge in [-0.05, 0) is 87.7 Å². The van der Waals surface area contributed by atoms with Gasteiger partial charge < -0.3 is 20.3 Å². The number of nitrogens with zero attached hydrogens (tertiary/aromatic N) is 2. The first-order valence-electron chi connectivity index (χ1n) is 15.0. The Morgan fingerprint density at radius 3 is 2.36 bits per heavy atom. The molecule has 8 nitrogen and oxygen atoms in total. The van der Waals surface area contributed by atoms with Gasteiger partial charge in [-0.1, -0.05) is 6.07 Å². The van der Waals surface area contributed by atoms with Gasteiger partial charge in [0.2, 0.25) is 5.91 Å². The molecule has 12 heteroatoms. The van der Waals surface area contributed by atoms with Gasteiger partial charge in [-0.25, -0.2) is 9.37 Å². The number of carbonyl (C=O) groups excluding carboxylic acids is 2. The molecule has 3 N–H and O–H groups in total. The molecule has 1 amide bonds. The fourth-order valence-electron chi connectivity index (χ4n) is 5.41. The molecule has 47 heavy (non-hydrogen) atoms. The third kappa shape index (κ3) is 6.42. The number of primary amides is 1. The third-order valence-electron chi connectivity index (χ3n) is 8.61. The van der Waals surface area contributed by atoms with Gasteiger partial charge >= 0.3 is 6.18 Å². The van der Waals surface area contributed by atoms with Crippen LogP contribution in [0.4, 0.5) is 17.6 Å². The average Bonchev–Trinajstić information content (AvgIpc) is 3.79. The highest BCUT2D eigenvalue weighted by molar-refractivity contribution is 5.98. The van der Waals surface area contributed by atoms with Crippen molar-refractivity contribution in [2.45, 2.75) is 62.8 Å². The molecule has 2 aliphatic rings. The average molecular weight is 650 g/mol. The van der Waals surface area contributed by atoms with Crippen LogP contribution in [0.1, 0.15) is 66.8 Å². The maximum atomic E-state index is 13.7. The molecule has 1 fully saturated rings. The SMILES string of the molecule is C[C@](O)(CCC(=O)c1ccc(OC2CC2)c(-c2ccc(C(F)(F)F)nc2)c1)c1cc2c(c(-c3ccc(F)cc3)n1)OC[C@]2(C)C(N)=O. The van der Waals surface area contributed by atoms with E-state index in [2.05, 4.69) is 9.97 Å². The number of hydrogen-bond acceptors (Lipinski definition) is 7. The molecule has 2 aromatic heterocycles. The van der Waals surface area contributed by atoms with E-state index in [1.165, 1.54) is 37.3 Å². The lowest BCUT2D eigenvalue weighted by Crippen LogP contribution is -2.40. The Hall–Kier alpha value is -4.84. The van der Waals surface area contributed by atoms with E-state index in [0.29, 0.717) is 33.8 Å². The molecule has 4 aromatic rings. The van der Waals surface area contributed by atoms with Gasteiger partial charge in [0.15, 0.2) is 5.78 Å². The maximum Gasteiger partial charge on any atom is 0.433 e. The minimum atomic E-state index is -4.60. The molecule has 0 bridgehead atoms. The monoisotopic (exact) mass is 649 g/mol. The topological polar surface area (TPSA) is 125 Å². The van der Waals surface area contributed by atoms with Crippen LogP contribution < -0.4 is 15.2 Å². The number of nitrogens with two attached hydrogens (primary N) is 1. The summed E-state index contributed by atoms with van der Waals surface area (Å²) >= 11 is 0. The number of halogens is 4. The summed E-state index contributed by atoms with van der Waals surface area (Å²) < 4.78 is 64.9. The zero-order valence-corrected chi connectivity index (χ0v) is 25.5. The minimum Gasteiger partial charge on any atom is -0.490 e. The lowest BCUT2D eigenvalue weighted by molar-refractivity contribution is -0.141. The number of aromatic nitrogens is 2. The lowest BCUT2D eigenvalue weighted by Gasteiger charge is -2.26. The Bertz CT molecular complexity index is 1860. The normalized spacial score (nSPS) is 18.6. The van der Waals surface area contributed by atoms with Crippen molar-refractivity contribution in [1.29, 1.82) is 0 Å². The molecule has 3 heterocycles. The first-order chi connectivity index (χ1) is 22.2. The standard InChI is InChI=1S/C35H31F4N3O5/c1-33(32(40)44)18-46-31-25(33)16-29(42-30(31)19-3-7-22(36)8-4-19)34(2,45)14-13-26(43)20-5-11-27(47-23-9-10-23)24(15-20)21-6-12-28(41-17-21)35(37,38)39/h3-8,11-12,15-17,23,45H,9-10,13-14,18H2,1-2H3,(H2,40,44)/t33-,34-/m0/s1. The zero-order valence-electron chi connectivity index (χ0n) is 25.5. The van der Waals surface area contributed by atoms with Gasteiger partial charge in [0.1, 0.15) is 46.3 Å². The minimum absolute atomic E-state index is 0.00533. The number of Topliss-reactive ketones (excluding diaryl/α,β-unsaturated/α-hetero) is 1. The largest absolute Gasteiger partial charge is 0.490 e. The van der Waals surface area contributed by atoms with Crippen LogP contribution in [0.15, 0.2) is 66.9 Å². The molecule has 1 aliphatic heterocycles. The van der Waals surface area contributed by atoms with E-state index >= 15 is 0 Å². The second-order valence-corrected chi connectivity index (χ2v) is 12.4. The number of ketones is 1. The molecule has 2 aromatic carbocycles. The van der Waals surface area contributed by atoms with E-state index in [4.69, 9.17) is 15.2 Å². The number of carbonyl (C=O) groups is 2. The molecule has 0 radical (unpaired) electrons. The smallest absolute Gasteiger partial charge is 0.433 e. The first-order valence-corrected chi connectivity index (χ1v) is 15.0. The number of ether oxygens (including phenoxy) is 2. The van der Waals surface area contributed by atoms with Crippen molar-refractivity contribution in [3.8, 4) is 33.9 Å². The van der Waals surface area contributed by atoms with Crippen LogP contribution in [-0.4, -0.2) is 39.5 Å². The number of rotatable bonds is 10. The van der Waals surface area contributed by atoms with Crippen molar-refractivity contribution < 1.29 is 41.7 Å². The fraction of sp³-hybridized carbons (Fsp3) is 0.314. The Morgan fingerprint density at radius 1 is 1.04 bits per heavy atom. The number of aliphatic hydroxyl groups is 1. The predicted molar refractivity (Wildman–Crippen MR) is 163 cm³/mol. The summed E-state index contributed by atoms with van der Waals surface area (Å²) in [4.78, 5) is 34.2. The molecule has 0 spiro atoms. The number of fused-ring (bicyclic) bond motifs is 1. The highest BCUT2D eigenvalue weighted by atomic mass is 19.4. The number of amides is 1. The van der Waals surface area contributed by atoms with E-state index in [0.717, 1.165) is 25.1 Å². The van der Waals surface area contributed by atoms with Gasteiger partial charge in [-0.15, -0.1) is 0 Å². The summed E-state index contributed by atoms with van der Waals surface area (Å²) in [6.45, 7) is 3.07. The van der Waals surface area contributed by atoms with Gasteiger partial charge in [0.05, 0.1) is 11.8 Å². The Morgan fingerprint density at radius 2 is 1.74 bits per heavy atom. The van der Waals surface area contributed by atoms with E-state index < -0.39 is 34.6 Å². The van der Waals surface area contributed by atoms with E-state index in [1.54, 1.807) is 31.2 Å². The number of hydrogen-bond donors (Lipinski definition) is 2. The van der Waals surface area contributed by atoms with Gasteiger partial charge in [-0.3, -0.25) is 14.6 Å². The lowest BCUT2D eigenvalue weighted by atomic mass is 9.81. The number of pyridine rings is 2. The van der Waals surface area contributed by atoms with Crippen LogP contribution >= 0.6 is 0 Å². The Labute approximate surface area is 267 Å². The van der Waals surface area contributed by atoms with Crippen molar-refractivity contribution in [2.75, 3.05) is 6.61 Å². The Balaban J connectivity index is 1.29. The maximum absolute atomic E-state index is 13.7. The zero-order chi connectivity index (χ0) is 33.7. The van der Waals surface area contributed by atoms with E-state index in [1.807, 2.05) is 0 Å². The molecule has 2 atom stereocenters. The summed E-state index contributed by atoms with van der Waals surface area (Å²) in [6, 6.07) is 14.0. The predicted octanol–water partition coefficient (Wildman–Crippen LogP) is 6.52. The molecule has 0 saturated heterocycles. The third-order valence-corrected chi connectivity index (χ3v) is 8.61.